The lowest BCUT2D eigenvalue weighted by molar-refractivity contribution is -0.135. The van der Waals surface area contributed by atoms with Crippen molar-refractivity contribution in [2.24, 2.45) is 11.3 Å². The number of rotatable bonds is 3. The van der Waals surface area contributed by atoms with Gasteiger partial charge >= 0.3 is 0 Å². The fourth-order valence-corrected chi connectivity index (χ4v) is 3.02. The summed E-state index contributed by atoms with van der Waals surface area (Å²) < 4.78 is 5.55. The second-order valence-corrected chi connectivity index (χ2v) is 5.52. The second-order valence-electron chi connectivity index (χ2n) is 5.52. The molecule has 1 aromatic heterocycles. The molecular formula is C14H20N4O2. The van der Waals surface area contributed by atoms with Crippen LogP contribution >= 0.6 is 0 Å². The van der Waals surface area contributed by atoms with E-state index in [9.17, 15) is 4.79 Å². The highest BCUT2D eigenvalue weighted by atomic mass is 16.5. The van der Waals surface area contributed by atoms with Gasteiger partial charge in [0.15, 0.2) is 0 Å². The number of aromatic nitrogens is 2. The molecule has 0 unspecified atom stereocenters. The monoisotopic (exact) mass is 276 g/mol. The van der Waals surface area contributed by atoms with Crippen LogP contribution in [-0.4, -0.2) is 42.2 Å². The molecule has 2 N–H and O–H groups in total. The van der Waals surface area contributed by atoms with Gasteiger partial charge in [-0.3, -0.25) is 4.79 Å². The fraction of sp³-hybridized carbons (Fsp3) is 0.643. The first kappa shape index (κ1) is 13.5. The van der Waals surface area contributed by atoms with E-state index in [4.69, 9.17) is 4.74 Å². The smallest absolute Gasteiger partial charge is 0.234 e. The molecule has 0 aromatic carbocycles. The maximum Gasteiger partial charge on any atom is 0.234 e. The van der Waals surface area contributed by atoms with E-state index < -0.39 is 5.41 Å². The summed E-state index contributed by atoms with van der Waals surface area (Å²) in [4.78, 5) is 21.1. The highest BCUT2D eigenvalue weighted by Gasteiger charge is 2.50. The van der Waals surface area contributed by atoms with Crippen LogP contribution in [0.25, 0.3) is 0 Å². The van der Waals surface area contributed by atoms with Gasteiger partial charge in [-0.2, -0.15) is 0 Å². The molecule has 0 spiro atoms. The summed E-state index contributed by atoms with van der Waals surface area (Å²) in [6.07, 6.45) is 5.06. The molecule has 0 radical (unpaired) electrons. The summed E-state index contributed by atoms with van der Waals surface area (Å²) in [6, 6.07) is 0. The number of carbonyl (C=O) groups is 1. The number of anilines is 1. The summed E-state index contributed by atoms with van der Waals surface area (Å²) in [7, 11) is 0. The average Bonchev–Trinajstić information content (AvgIpc) is 2.93. The predicted molar refractivity (Wildman–Crippen MR) is 74.3 cm³/mol. The molecule has 0 bridgehead atoms. The average molecular weight is 276 g/mol. The lowest BCUT2D eigenvalue weighted by atomic mass is 9.75. The molecule has 3 rings (SSSR count). The zero-order valence-corrected chi connectivity index (χ0v) is 11.7. The first-order valence-electron chi connectivity index (χ1n) is 7.15. The molecule has 6 heteroatoms. The number of nitrogens with one attached hydrogen (secondary N) is 2. The van der Waals surface area contributed by atoms with E-state index >= 15 is 0 Å². The third-order valence-corrected chi connectivity index (χ3v) is 4.31. The molecule has 2 aliphatic heterocycles. The maximum absolute atomic E-state index is 12.6. The molecule has 2 fully saturated rings. The van der Waals surface area contributed by atoms with Crippen LogP contribution in [-0.2, 0) is 16.0 Å². The van der Waals surface area contributed by atoms with Crippen molar-refractivity contribution in [2.45, 2.75) is 19.8 Å². The van der Waals surface area contributed by atoms with Gasteiger partial charge in [0.05, 0.1) is 30.1 Å². The zero-order chi connectivity index (χ0) is 14.0. The maximum atomic E-state index is 12.6. The van der Waals surface area contributed by atoms with E-state index in [0.717, 1.165) is 31.8 Å². The Kier molecular flexibility index (Phi) is 3.67. The van der Waals surface area contributed by atoms with Crippen molar-refractivity contribution in [1.29, 1.82) is 0 Å². The van der Waals surface area contributed by atoms with Crippen LogP contribution < -0.4 is 10.6 Å². The largest absolute Gasteiger partial charge is 0.380 e. The number of carbonyl (C=O) groups excluding carboxylic acids is 1. The molecular weight excluding hydrogens is 256 g/mol. The van der Waals surface area contributed by atoms with Crippen LogP contribution in [0.3, 0.4) is 0 Å². The van der Waals surface area contributed by atoms with Crippen molar-refractivity contribution in [3.63, 3.8) is 0 Å². The fourth-order valence-electron chi connectivity index (χ4n) is 3.02. The number of aryl methyl sites for hydroxylation is 1. The molecule has 1 amide bonds. The highest BCUT2D eigenvalue weighted by molar-refractivity contribution is 5.96. The van der Waals surface area contributed by atoms with Gasteiger partial charge in [-0.1, -0.05) is 6.92 Å². The zero-order valence-electron chi connectivity index (χ0n) is 11.7. The molecule has 1 aromatic rings. The van der Waals surface area contributed by atoms with E-state index in [0.29, 0.717) is 24.8 Å². The van der Waals surface area contributed by atoms with Crippen LogP contribution in [0, 0.1) is 11.3 Å². The number of fused-ring (bicyclic) bond motifs is 1. The van der Waals surface area contributed by atoms with Crippen LogP contribution in [0.1, 0.15) is 19.2 Å². The first-order valence-corrected chi connectivity index (χ1v) is 7.15. The predicted octanol–water partition coefficient (Wildman–Crippen LogP) is 0.604. The standard InChI is InChI=1S/C14H20N4O2/c1-2-12-16-6-11(7-17-12)18-13(19)14-8-15-5-10(14)3-4-20-9-14/h6-7,10,15H,2-5,8-9H2,1H3,(H,18,19)/t10-,14+/m1/s1. The van der Waals surface area contributed by atoms with E-state index in [1.165, 1.54) is 0 Å². The van der Waals surface area contributed by atoms with Gasteiger partial charge < -0.3 is 15.4 Å². The van der Waals surface area contributed by atoms with Crippen molar-refractivity contribution in [1.82, 2.24) is 15.3 Å². The number of amides is 1. The molecule has 6 nitrogen and oxygen atoms in total. The highest BCUT2D eigenvalue weighted by Crippen LogP contribution is 2.38. The minimum absolute atomic E-state index is 0.0139. The Bertz CT molecular complexity index is 490. The van der Waals surface area contributed by atoms with Crippen molar-refractivity contribution < 1.29 is 9.53 Å². The Hall–Kier alpha value is -1.53. The Balaban J connectivity index is 1.74. The van der Waals surface area contributed by atoms with Crippen LogP contribution in [0.15, 0.2) is 12.4 Å². The second kappa shape index (κ2) is 5.46. The molecule has 108 valence electrons. The van der Waals surface area contributed by atoms with Gasteiger partial charge in [0.25, 0.3) is 0 Å². The van der Waals surface area contributed by atoms with E-state index in [1.807, 2.05) is 6.92 Å². The van der Waals surface area contributed by atoms with Crippen LogP contribution in [0.5, 0.6) is 0 Å². The van der Waals surface area contributed by atoms with Crippen molar-refractivity contribution in [3.05, 3.63) is 18.2 Å². The van der Waals surface area contributed by atoms with Gasteiger partial charge in [0, 0.05) is 19.6 Å². The van der Waals surface area contributed by atoms with Crippen molar-refractivity contribution in [2.75, 3.05) is 31.6 Å². The Labute approximate surface area is 118 Å². The van der Waals surface area contributed by atoms with Gasteiger partial charge in [-0.15, -0.1) is 0 Å². The normalized spacial score (nSPS) is 28.9. The summed E-state index contributed by atoms with van der Waals surface area (Å²) in [5.41, 5.74) is 0.208. The minimum Gasteiger partial charge on any atom is -0.380 e. The topological polar surface area (TPSA) is 76.1 Å². The minimum atomic E-state index is -0.443. The Morgan fingerprint density at radius 2 is 2.35 bits per heavy atom. The summed E-state index contributed by atoms with van der Waals surface area (Å²) in [5.74, 6) is 1.15. The molecule has 20 heavy (non-hydrogen) atoms. The van der Waals surface area contributed by atoms with Gasteiger partial charge in [0.1, 0.15) is 5.82 Å². The third kappa shape index (κ3) is 2.29. The van der Waals surface area contributed by atoms with E-state index in [-0.39, 0.29) is 5.91 Å². The quantitative estimate of drug-likeness (QED) is 0.845. The lowest BCUT2D eigenvalue weighted by Gasteiger charge is -2.36. The number of nitrogens with zero attached hydrogens (tertiary/aromatic N) is 2. The lowest BCUT2D eigenvalue weighted by Crippen LogP contribution is -2.49. The Morgan fingerprint density at radius 3 is 3.10 bits per heavy atom. The third-order valence-electron chi connectivity index (χ3n) is 4.31. The molecule has 2 atom stereocenters. The van der Waals surface area contributed by atoms with Crippen LogP contribution in [0.2, 0.25) is 0 Å². The molecule has 2 saturated heterocycles. The SMILES string of the molecule is CCc1ncc(NC(=O)[C@]23CNC[C@H]2CCOC3)cn1. The number of hydrogen-bond acceptors (Lipinski definition) is 5. The van der Waals surface area contributed by atoms with Gasteiger partial charge in [0.2, 0.25) is 5.91 Å². The molecule has 2 aliphatic rings. The van der Waals surface area contributed by atoms with Gasteiger partial charge in [-0.05, 0) is 18.9 Å². The first-order chi connectivity index (χ1) is 9.74. The molecule has 0 aliphatic carbocycles. The molecule has 3 heterocycles. The van der Waals surface area contributed by atoms with E-state index in [1.54, 1.807) is 12.4 Å². The summed E-state index contributed by atoms with van der Waals surface area (Å²) in [6.45, 7) is 4.81. The molecule has 0 saturated carbocycles. The van der Waals surface area contributed by atoms with Crippen molar-refractivity contribution >= 4 is 11.6 Å². The Morgan fingerprint density at radius 1 is 1.55 bits per heavy atom. The van der Waals surface area contributed by atoms with E-state index in [2.05, 4.69) is 20.6 Å². The summed E-state index contributed by atoms with van der Waals surface area (Å²) in [5, 5.41) is 6.26. The van der Waals surface area contributed by atoms with Crippen molar-refractivity contribution in [3.8, 4) is 0 Å². The number of hydrogen-bond donors (Lipinski definition) is 2. The number of ether oxygens (including phenoxy) is 1. The van der Waals surface area contributed by atoms with Gasteiger partial charge in [-0.25, -0.2) is 9.97 Å². The van der Waals surface area contributed by atoms with Crippen LogP contribution in [0.4, 0.5) is 5.69 Å². The summed E-state index contributed by atoms with van der Waals surface area (Å²) >= 11 is 0.